The van der Waals surface area contributed by atoms with Gasteiger partial charge < -0.3 is 9.64 Å². The minimum atomic E-state index is 0.527. The molecule has 104 valence electrons. The Morgan fingerprint density at radius 2 is 2.11 bits per heavy atom. The minimum Gasteiger partial charge on any atom is -0.385 e. The van der Waals surface area contributed by atoms with Gasteiger partial charge in [-0.1, -0.05) is 0 Å². The first-order valence-corrected chi connectivity index (χ1v) is 7.84. The molecule has 3 nitrogen and oxygen atoms in total. The summed E-state index contributed by atoms with van der Waals surface area (Å²) in [6.45, 7) is 3.11. The van der Waals surface area contributed by atoms with Crippen LogP contribution in [0.15, 0.2) is 5.38 Å². The summed E-state index contributed by atoms with van der Waals surface area (Å²) in [6, 6.07) is 0. The molecule has 0 saturated carbocycles. The molecule has 1 heterocycles. The molecular weight excluding hydrogens is 268 g/mol. The molecule has 18 heavy (non-hydrogen) atoms. The number of ether oxygens (including phenoxy) is 1. The van der Waals surface area contributed by atoms with E-state index in [1.807, 2.05) is 0 Å². The molecule has 0 bridgehead atoms. The lowest BCUT2D eigenvalue weighted by Crippen LogP contribution is -2.21. The van der Waals surface area contributed by atoms with Gasteiger partial charge in [0.2, 0.25) is 0 Å². The van der Waals surface area contributed by atoms with Gasteiger partial charge >= 0.3 is 0 Å². The summed E-state index contributed by atoms with van der Waals surface area (Å²) in [5.41, 5.74) is 1.01. The van der Waals surface area contributed by atoms with Crippen molar-refractivity contribution in [2.45, 2.75) is 31.6 Å². The fraction of sp³-hybridized carbons (Fsp3) is 0.769. The molecule has 0 atom stereocenters. The van der Waals surface area contributed by atoms with Crippen molar-refractivity contribution in [1.82, 2.24) is 9.88 Å². The first kappa shape index (κ1) is 15.9. The van der Waals surface area contributed by atoms with Crippen LogP contribution in [0.25, 0.3) is 0 Å². The Labute approximate surface area is 119 Å². The molecule has 1 aromatic heterocycles. The van der Waals surface area contributed by atoms with Crippen LogP contribution in [0.5, 0.6) is 0 Å². The van der Waals surface area contributed by atoms with E-state index < -0.39 is 0 Å². The standard InChI is InChI=1S/C13H23ClN2OS/c1-16(8-5-9-17-2)7-4-3-6-13-15-12(10-14)11-18-13/h11H,3-10H2,1-2H3. The smallest absolute Gasteiger partial charge is 0.0928 e. The number of unbranched alkanes of at least 4 members (excludes halogenated alkanes) is 1. The highest BCUT2D eigenvalue weighted by Crippen LogP contribution is 2.14. The second-order valence-electron chi connectivity index (χ2n) is 4.47. The number of rotatable bonds is 10. The Bertz CT molecular complexity index is 320. The molecule has 0 amide bonds. The Morgan fingerprint density at radius 1 is 1.33 bits per heavy atom. The molecule has 0 fully saturated rings. The highest BCUT2D eigenvalue weighted by atomic mass is 35.5. The minimum absolute atomic E-state index is 0.527. The summed E-state index contributed by atoms with van der Waals surface area (Å²) in [4.78, 5) is 6.83. The molecule has 0 saturated heterocycles. The fourth-order valence-corrected chi connectivity index (χ4v) is 2.84. The number of thiazole rings is 1. The molecular formula is C13H23ClN2OS. The van der Waals surface area contributed by atoms with E-state index in [1.54, 1.807) is 18.4 Å². The van der Waals surface area contributed by atoms with E-state index >= 15 is 0 Å². The molecule has 0 unspecified atom stereocenters. The van der Waals surface area contributed by atoms with Crippen molar-refractivity contribution in [3.8, 4) is 0 Å². The van der Waals surface area contributed by atoms with Crippen molar-refractivity contribution >= 4 is 22.9 Å². The van der Waals surface area contributed by atoms with Crippen LogP contribution in [0, 0.1) is 0 Å². The SMILES string of the molecule is COCCCN(C)CCCCc1nc(CCl)cs1. The summed E-state index contributed by atoms with van der Waals surface area (Å²) in [5, 5.41) is 3.27. The summed E-state index contributed by atoms with van der Waals surface area (Å²) in [7, 11) is 3.92. The van der Waals surface area contributed by atoms with Crippen LogP contribution in [0.4, 0.5) is 0 Å². The number of hydrogen-bond donors (Lipinski definition) is 0. The summed E-state index contributed by atoms with van der Waals surface area (Å²) < 4.78 is 5.04. The first-order chi connectivity index (χ1) is 8.76. The molecule has 0 N–H and O–H groups in total. The zero-order chi connectivity index (χ0) is 13.2. The van der Waals surface area contributed by atoms with Crippen LogP contribution in [0.2, 0.25) is 0 Å². The third-order valence-corrected chi connectivity index (χ3v) is 4.04. The molecule has 0 aliphatic carbocycles. The zero-order valence-corrected chi connectivity index (χ0v) is 12.9. The quantitative estimate of drug-likeness (QED) is 0.489. The van der Waals surface area contributed by atoms with Gasteiger partial charge in [-0.15, -0.1) is 22.9 Å². The van der Waals surface area contributed by atoms with Gasteiger partial charge in [-0.2, -0.15) is 0 Å². The van der Waals surface area contributed by atoms with E-state index in [0.717, 1.165) is 38.2 Å². The predicted octanol–water partition coefficient (Wildman–Crippen LogP) is 3.17. The third kappa shape index (κ3) is 6.69. The van der Waals surface area contributed by atoms with Gasteiger partial charge in [0.05, 0.1) is 16.6 Å². The first-order valence-electron chi connectivity index (χ1n) is 6.43. The summed E-state index contributed by atoms with van der Waals surface area (Å²) in [5.74, 6) is 0.527. The second kappa shape index (κ2) is 9.73. The lowest BCUT2D eigenvalue weighted by atomic mass is 10.2. The van der Waals surface area contributed by atoms with Crippen molar-refractivity contribution in [2.75, 3.05) is 33.9 Å². The van der Waals surface area contributed by atoms with Crippen LogP contribution in [0.1, 0.15) is 30.0 Å². The Morgan fingerprint density at radius 3 is 2.78 bits per heavy atom. The van der Waals surface area contributed by atoms with Crippen LogP contribution < -0.4 is 0 Å². The van der Waals surface area contributed by atoms with E-state index in [9.17, 15) is 0 Å². The molecule has 1 aromatic rings. The number of halogens is 1. The molecule has 5 heteroatoms. The number of alkyl halides is 1. The maximum atomic E-state index is 5.73. The lowest BCUT2D eigenvalue weighted by molar-refractivity contribution is 0.179. The van der Waals surface area contributed by atoms with Gasteiger partial charge in [0, 0.05) is 25.6 Å². The van der Waals surface area contributed by atoms with Crippen molar-refractivity contribution in [3.05, 3.63) is 16.1 Å². The van der Waals surface area contributed by atoms with Gasteiger partial charge in [-0.05, 0) is 39.3 Å². The van der Waals surface area contributed by atoms with Gasteiger partial charge in [-0.25, -0.2) is 4.98 Å². The maximum absolute atomic E-state index is 5.73. The number of methoxy groups -OCH3 is 1. The van der Waals surface area contributed by atoms with Crippen molar-refractivity contribution in [3.63, 3.8) is 0 Å². The summed E-state index contributed by atoms with van der Waals surface area (Å²) >= 11 is 7.45. The Balaban J connectivity index is 2.03. The van der Waals surface area contributed by atoms with Crippen LogP contribution in [-0.4, -0.2) is 43.7 Å². The van der Waals surface area contributed by atoms with E-state index in [1.165, 1.54) is 17.8 Å². The van der Waals surface area contributed by atoms with E-state index in [4.69, 9.17) is 16.3 Å². The predicted molar refractivity (Wildman–Crippen MR) is 78.6 cm³/mol. The number of hydrogen-bond acceptors (Lipinski definition) is 4. The number of nitrogens with zero attached hydrogens (tertiary/aromatic N) is 2. The van der Waals surface area contributed by atoms with E-state index in [2.05, 4.69) is 22.3 Å². The van der Waals surface area contributed by atoms with Crippen LogP contribution in [0.3, 0.4) is 0 Å². The average Bonchev–Trinajstić information content (AvgIpc) is 2.83. The van der Waals surface area contributed by atoms with E-state index in [0.29, 0.717) is 5.88 Å². The number of aryl methyl sites for hydroxylation is 1. The maximum Gasteiger partial charge on any atom is 0.0928 e. The normalized spacial score (nSPS) is 11.3. The molecule has 0 aromatic carbocycles. The van der Waals surface area contributed by atoms with Crippen LogP contribution in [-0.2, 0) is 17.0 Å². The monoisotopic (exact) mass is 290 g/mol. The zero-order valence-electron chi connectivity index (χ0n) is 11.3. The Hall–Kier alpha value is -0.160. The fourth-order valence-electron chi connectivity index (χ4n) is 1.77. The van der Waals surface area contributed by atoms with E-state index in [-0.39, 0.29) is 0 Å². The highest BCUT2D eigenvalue weighted by molar-refractivity contribution is 7.09. The molecule has 0 radical (unpaired) electrons. The topological polar surface area (TPSA) is 25.4 Å². The second-order valence-corrected chi connectivity index (χ2v) is 5.68. The van der Waals surface area contributed by atoms with Gasteiger partial charge in [-0.3, -0.25) is 0 Å². The van der Waals surface area contributed by atoms with Gasteiger partial charge in [0.25, 0.3) is 0 Å². The average molecular weight is 291 g/mol. The van der Waals surface area contributed by atoms with Crippen molar-refractivity contribution < 1.29 is 4.74 Å². The highest BCUT2D eigenvalue weighted by Gasteiger charge is 2.02. The summed E-state index contributed by atoms with van der Waals surface area (Å²) in [6.07, 6.45) is 4.61. The lowest BCUT2D eigenvalue weighted by Gasteiger charge is -2.15. The van der Waals surface area contributed by atoms with Crippen LogP contribution >= 0.6 is 22.9 Å². The largest absolute Gasteiger partial charge is 0.385 e. The third-order valence-electron chi connectivity index (χ3n) is 2.80. The van der Waals surface area contributed by atoms with Crippen molar-refractivity contribution in [1.29, 1.82) is 0 Å². The van der Waals surface area contributed by atoms with Crippen molar-refractivity contribution in [2.24, 2.45) is 0 Å². The Kier molecular flexibility index (Phi) is 8.59. The molecule has 0 spiro atoms. The molecule has 0 aliphatic rings. The van der Waals surface area contributed by atoms with Gasteiger partial charge in [0.15, 0.2) is 0 Å². The molecule has 1 rings (SSSR count). The molecule has 0 aliphatic heterocycles. The van der Waals surface area contributed by atoms with Gasteiger partial charge in [0.1, 0.15) is 0 Å². The number of aromatic nitrogens is 1.